The number of esters is 1. The molecule has 0 bridgehead atoms. The zero-order valence-electron chi connectivity index (χ0n) is 15.2. The average Bonchev–Trinajstić information content (AvgIpc) is 2.62. The van der Waals surface area contributed by atoms with Crippen molar-refractivity contribution in [3.8, 4) is 0 Å². The second-order valence-electron chi connectivity index (χ2n) is 6.93. The number of methoxy groups -OCH3 is 1. The van der Waals surface area contributed by atoms with Crippen LogP contribution < -0.4 is 0 Å². The maximum Gasteiger partial charge on any atom is 0.409 e. The van der Waals surface area contributed by atoms with E-state index in [1.807, 2.05) is 4.90 Å². The van der Waals surface area contributed by atoms with Crippen LogP contribution in [0.3, 0.4) is 0 Å². The van der Waals surface area contributed by atoms with Gasteiger partial charge in [-0.3, -0.25) is 9.69 Å². The molecule has 1 atom stereocenters. The van der Waals surface area contributed by atoms with E-state index in [1.165, 1.54) is 7.11 Å². The molecule has 2 rings (SSSR count). The number of hydrogen-bond acceptors (Lipinski definition) is 5. The largest absolute Gasteiger partial charge is 0.468 e. The van der Waals surface area contributed by atoms with E-state index in [-0.39, 0.29) is 18.1 Å². The van der Waals surface area contributed by atoms with Crippen molar-refractivity contribution in [2.24, 2.45) is 5.92 Å². The molecule has 138 valence electrons. The Morgan fingerprint density at radius 2 is 1.83 bits per heavy atom. The minimum atomic E-state index is -0.174. The van der Waals surface area contributed by atoms with E-state index >= 15 is 0 Å². The maximum atomic E-state index is 12.0. The van der Waals surface area contributed by atoms with E-state index in [9.17, 15) is 9.59 Å². The van der Waals surface area contributed by atoms with Crippen molar-refractivity contribution in [3.05, 3.63) is 0 Å². The van der Waals surface area contributed by atoms with E-state index in [0.29, 0.717) is 12.5 Å². The van der Waals surface area contributed by atoms with E-state index in [0.717, 1.165) is 71.1 Å². The molecule has 6 heteroatoms. The highest BCUT2D eigenvalue weighted by molar-refractivity contribution is 5.75. The minimum absolute atomic E-state index is 0.0826. The number of unbranched alkanes of at least 4 members (excludes halogenated alkanes) is 1. The monoisotopic (exact) mass is 340 g/mol. The van der Waals surface area contributed by atoms with Crippen LogP contribution in [-0.4, -0.2) is 67.8 Å². The summed E-state index contributed by atoms with van der Waals surface area (Å²) in [6, 6.07) is -0.0826. The first kappa shape index (κ1) is 19.0. The predicted octanol–water partition coefficient (Wildman–Crippen LogP) is 2.66. The molecule has 1 unspecified atom stereocenters. The third-order valence-electron chi connectivity index (χ3n) is 5.18. The molecule has 2 fully saturated rings. The van der Waals surface area contributed by atoms with Crippen LogP contribution in [-0.2, 0) is 14.3 Å². The molecule has 1 amide bonds. The molecule has 0 radical (unpaired) electrons. The summed E-state index contributed by atoms with van der Waals surface area (Å²) in [5, 5.41) is 0. The maximum absolute atomic E-state index is 12.0. The van der Waals surface area contributed by atoms with Gasteiger partial charge in [0.1, 0.15) is 6.04 Å². The van der Waals surface area contributed by atoms with Gasteiger partial charge in [-0.25, -0.2) is 4.79 Å². The highest BCUT2D eigenvalue weighted by Gasteiger charge is 2.32. The van der Waals surface area contributed by atoms with E-state index in [1.54, 1.807) is 0 Å². The first-order chi connectivity index (χ1) is 11.7. The van der Waals surface area contributed by atoms with Crippen molar-refractivity contribution in [3.63, 3.8) is 0 Å². The van der Waals surface area contributed by atoms with Gasteiger partial charge >= 0.3 is 12.1 Å². The first-order valence-corrected chi connectivity index (χ1v) is 9.39. The molecule has 0 N–H and O–H groups in total. The van der Waals surface area contributed by atoms with Crippen LogP contribution in [0.25, 0.3) is 0 Å². The van der Waals surface area contributed by atoms with E-state index in [2.05, 4.69) is 11.8 Å². The van der Waals surface area contributed by atoms with Gasteiger partial charge < -0.3 is 14.4 Å². The van der Waals surface area contributed by atoms with Gasteiger partial charge in [0.15, 0.2) is 0 Å². The fraction of sp³-hybridized carbons (Fsp3) is 0.889. The first-order valence-electron chi connectivity index (χ1n) is 9.39. The molecule has 2 aliphatic heterocycles. The Bertz CT molecular complexity index is 408. The summed E-state index contributed by atoms with van der Waals surface area (Å²) in [4.78, 5) is 28.0. The lowest BCUT2D eigenvalue weighted by Crippen LogP contribution is -2.49. The normalized spacial score (nSPS) is 23.1. The molecule has 0 aromatic rings. The van der Waals surface area contributed by atoms with Gasteiger partial charge in [0.05, 0.1) is 13.7 Å². The highest BCUT2D eigenvalue weighted by Crippen LogP contribution is 2.24. The van der Waals surface area contributed by atoms with Crippen molar-refractivity contribution in [1.82, 2.24) is 9.80 Å². The summed E-state index contributed by atoms with van der Waals surface area (Å²) < 4.78 is 10.2. The third kappa shape index (κ3) is 5.36. The number of rotatable bonds is 6. The lowest BCUT2D eigenvalue weighted by atomic mass is 9.93. The van der Waals surface area contributed by atoms with Gasteiger partial charge in [0, 0.05) is 19.6 Å². The number of ether oxygens (including phenoxy) is 2. The Hall–Kier alpha value is -1.30. The van der Waals surface area contributed by atoms with E-state index < -0.39 is 0 Å². The summed E-state index contributed by atoms with van der Waals surface area (Å²) in [5.74, 6) is 0.432. The summed E-state index contributed by atoms with van der Waals surface area (Å²) in [6.45, 7) is 6.02. The molecule has 0 aromatic heterocycles. The second-order valence-corrected chi connectivity index (χ2v) is 6.93. The average molecular weight is 340 g/mol. The molecule has 2 heterocycles. The molecular formula is C18H32N2O4. The molecule has 0 saturated carbocycles. The number of amides is 1. The number of carbonyl (C=O) groups excluding carboxylic acids is 2. The predicted molar refractivity (Wildman–Crippen MR) is 91.8 cm³/mol. The number of piperidine rings is 2. The second kappa shape index (κ2) is 9.87. The third-order valence-corrected chi connectivity index (χ3v) is 5.18. The Kier molecular flexibility index (Phi) is 7.82. The smallest absolute Gasteiger partial charge is 0.409 e. The summed E-state index contributed by atoms with van der Waals surface area (Å²) in [6.07, 6.45) is 6.88. The van der Waals surface area contributed by atoms with Crippen LogP contribution >= 0.6 is 0 Å². The SMILES string of the molecule is CCCCOC(=O)N1CCC(CN2CCCCC2C(=O)OC)CC1. The number of hydrogen-bond donors (Lipinski definition) is 0. The summed E-state index contributed by atoms with van der Waals surface area (Å²) >= 11 is 0. The van der Waals surface area contributed by atoms with Gasteiger partial charge in [0.25, 0.3) is 0 Å². The van der Waals surface area contributed by atoms with Gasteiger partial charge in [-0.1, -0.05) is 19.8 Å². The van der Waals surface area contributed by atoms with Crippen LogP contribution in [0.15, 0.2) is 0 Å². The zero-order valence-corrected chi connectivity index (χ0v) is 15.2. The van der Waals surface area contributed by atoms with Crippen LogP contribution in [0.4, 0.5) is 4.79 Å². The van der Waals surface area contributed by atoms with Gasteiger partial charge in [-0.05, 0) is 44.6 Å². The number of likely N-dealkylation sites (tertiary alicyclic amines) is 2. The molecular weight excluding hydrogens is 308 g/mol. The lowest BCUT2D eigenvalue weighted by molar-refractivity contribution is -0.148. The topological polar surface area (TPSA) is 59.1 Å². The van der Waals surface area contributed by atoms with Gasteiger partial charge in [-0.2, -0.15) is 0 Å². The Morgan fingerprint density at radius 1 is 1.08 bits per heavy atom. The number of carbonyl (C=O) groups is 2. The van der Waals surface area contributed by atoms with Crippen LogP contribution in [0, 0.1) is 5.92 Å². The molecule has 2 aliphatic rings. The lowest BCUT2D eigenvalue weighted by Gasteiger charge is -2.38. The van der Waals surface area contributed by atoms with Crippen molar-refractivity contribution in [2.75, 3.05) is 39.9 Å². The van der Waals surface area contributed by atoms with Crippen LogP contribution in [0.2, 0.25) is 0 Å². The fourth-order valence-corrected chi connectivity index (χ4v) is 3.64. The molecule has 0 spiro atoms. The minimum Gasteiger partial charge on any atom is -0.468 e. The fourth-order valence-electron chi connectivity index (χ4n) is 3.64. The molecule has 2 saturated heterocycles. The summed E-state index contributed by atoms with van der Waals surface area (Å²) in [7, 11) is 1.47. The Morgan fingerprint density at radius 3 is 2.50 bits per heavy atom. The Balaban J connectivity index is 1.75. The zero-order chi connectivity index (χ0) is 17.4. The van der Waals surface area contributed by atoms with Crippen molar-refractivity contribution in [2.45, 2.75) is 57.9 Å². The molecule has 0 aromatic carbocycles. The van der Waals surface area contributed by atoms with Crippen LogP contribution in [0.5, 0.6) is 0 Å². The van der Waals surface area contributed by atoms with Crippen LogP contribution in [0.1, 0.15) is 51.9 Å². The van der Waals surface area contributed by atoms with E-state index in [4.69, 9.17) is 9.47 Å². The molecule has 24 heavy (non-hydrogen) atoms. The van der Waals surface area contributed by atoms with Crippen molar-refractivity contribution >= 4 is 12.1 Å². The quantitative estimate of drug-likeness (QED) is 0.549. The molecule has 0 aliphatic carbocycles. The number of nitrogens with zero attached hydrogens (tertiary/aromatic N) is 2. The van der Waals surface area contributed by atoms with Gasteiger partial charge in [0.2, 0.25) is 0 Å². The van der Waals surface area contributed by atoms with Crippen molar-refractivity contribution in [1.29, 1.82) is 0 Å². The highest BCUT2D eigenvalue weighted by atomic mass is 16.6. The molecule has 6 nitrogen and oxygen atoms in total. The standard InChI is InChI=1S/C18H32N2O4/c1-3-4-13-24-18(22)19-11-8-15(9-12-19)14-20-10-6-5-7-16(20)17(21)23-2/h15-16H,3-14H2,1-2H3. The van der Waals surface area contributed by atoms with Gasteiger partial charge in [-0.15, -0.1) is 0 Å². The Labute approximate surface area is 145 Å². The van der Waals surface area contributed by atoms with Crippen molar-refractivity contribution < 1.29 is 19.1 Å². The summed E-state index contributed by atoms with van der Waals surface area (Å²) in [5.41, 5.74) is 0.